The second-order valence-electron chi connectivity index (χ2n) is 4.12. The van der Waals surface area contributed by atoms with Crippen molar-refractivity contribution in [3.05, 3.63) is 17.0 Å². The Morgan fingerprint density at radius 1 is 1.37 bits per heavy atom. The van der Waals surface area contributed by atoms with Gasteiger partial charge in [-0.3, -0.25) is 10.1 Å². The van der Waals surface area contributed by atoms with Crippen molar-refractivity contribution in [2.45, 2.75) is 18.9 Å². The molecular formula is C11H13N3O4S. The lowest BCUT2D eigenvalue weighted by atomic mass is 10.3. The van der Waals surface area contributed by atoms with Gasteiger partial charge in [-0.15, -0.1) is 11.3 Å². The number of rotatable bonds is 5. The lowest BCUT2D eigenvalue weighted by molar-refractivity contribution is -0.120. The summed E-state index contributed by atoms with van der Waals surface area (Å²) >= 11 is 1.11. The summed E-state index contributed by atoms with van der Waals surface area (Å²) in [5.74, 6) is -1.36. The first-order valence-electron chi connectivity index (χ1n) is 5.71. The monoisotopic (exact) mass is 283 g/mol. The molecule has 0 saturated heterocycles. The average Bonchev–Trinajstić information content (AvgIpc) is 3.02. The van der Waals surface area contributed by atoms with Crippen molar-refractivity contribution in [3.8, 4) is 0 Å². The summed E-state index contributed by atoms with van der Waals surface area (Å²) in [7, 11) is 0. The maximum atomic E-state index is 11.5. The van der Waals surface area contributed by atoms with Crippen LogP contribution in [-0.2, 0) is 4.79 Å². The van der Waals surface area contributed by atoms with Crippen molar-refractivity contribution in [1.82, 2.24) is 10.6 Å². The number of carboxylic acids is 1. The number of carbonyl (C=O) groups is 3. The first kappa shape index (κ1) is 13.3. The van der Waals surface area contributed by atoms with Gasteiger partial charge in [0.15, 0.2) is 0 Å². The lowest BCUT2D eigenvalue weighted by Crippen LogP contribution is -2.39. The molecule has 102 valence electrons. The van der Waals surface area contributed by atoms with E-state index in [1.54, 1.807) is 5.38 Å². The highest BCUT2D eigenvalue weighted by Crippen LogP contribution is 2.22. The lowest BCUT2D eigenvalue weighted by Gasteiger charge is -2.07. The summed E-state index contributed by atoms with van der Waals surface area (Å²) in [6.45, 7) is -0.129. The van der Waals surface area contributed by atoms with Gasteiger partial charge in [-0.05, 0) is 24.3 Å². The van der Waals surface area contributed by atoms with Gasteiger partial charge in [0, 0.05) is 6.04 Å². The normalized spacial score (nSPS) is 13.7. The molecule has 0 atom stereocenters. The Balaban J connectivity index is 1.78. The Bertz CT molecular complexity index is 510. The number of anilines is 1. The molecule has 0 aromatic carbocycles. The fourth-order valence-corrected chi connectivity index (χ4v) is 2.16. The molecule has 7 nitrogen and oxygen atoms in total. The fraction of sp³-hybridized carbons (Fsp3) is 0.364. The average molecular weight is 283 g/mol. The van der Waals surface area contributed by atoms with E-state index in [2.05, 4.69) is 16.0 Å². The molecule has 1 aliphatic carbocycles. The van der Waals surface area contributed by atoms with Crippen molar-refractivity contribution in [2.75, 3.05) is 11.9 Å². The van der Waals surface area contributed by atoms with E-state index in [-0.39, 0.29) is 29.1 Å². The third kappa shape index (κ3) is 3.95. The molecule has 1 aliphatic rings. The van der Waals surface area contributed by atoms with Gasteiger partial charge in [-0.2, -0.15) is 0 Å². The number of hydrogen-bond donors (Lipinski definition) is 4. The van der Waals surface area contributed by atoms with Crippen molar-refractivity contribution in [2.24, 2.45) is 0 Å². The van der Waals surface area contributed by atoms with E-state index in [9.17, 15) is 14.4 Å². The molecule has 0 bridgehead atoms. The molecule has 1 heterocycles. The molecule has 0 unspecified atom stereocenters. The molecule has 0 radical (unpaired) electrons. The zero-order valence-corrected chi connectivity index (χ0v) is 10.8. The second kappa shape index (κ2) is 5.70. The number of thiophene rings is 1. The molecule has 0 spiro atoms. The van der Waals surface area contributed by atoms with E-state index in [1.165, 1.54) is 6.07 Å². The van der Waals surface area contributed by atoms with Crippen LogP contribution in [0.1, 0.15) is 23.2 Å². The summed E-state index contributed by atoms with van der Waals surface area (Å²) in [6, 6.07) is 1.05. The van der Waals surface area contributed by atoms with E-state index in [0.29, 0.717) is 0 Å². The first-order valence-corrected chi connectivity index (χ1v) is 6.59. The third-order valence-corrected chi connectivity index (χ3v) is 3.30. The predicted octanol–water partition coefficient (Wildman–Crippen LogP) is 0.846. The number of carbonyl (C=O) groups excluding carboxylic acids is 2. The molecular weight excluding hydrogens is 270 g/mol. The number of carboxylic acid groups (broad SMARTS) is 1. The Morgan fingerprint density at radius 2 is 2.11 bits per heavy atom. The summed E-state index contributed by atoms with van der Waals surface area (Å²) in [5.41, 5.74) is 0.0302. The number of amides is 3. The van der Waals surface area contributed by atoms with Gasteiger partial charge >= 0.3 is 12.0 Å². The standard InChI is InChI=1S/C11H13N3O4S/c15-8(13-6-1-2-6)5-12-11(18)14-9-7(10(16)17)3-4-19-9/h3-4,6H,1-2,5H2,(H,13,15)(H,16,17)(H2,12,14,18). The van der Waals surface area contributed by atoms with Crippen molar-refractivity contribution in [1.29, 1.82) is 0 Å². The number of nitrogens with one attached hydrogen (secondary N) is 3. The maximum absolute atomic E-state index is 11.5. The number of urea groups is 1. The number of hydrogen-bond acceptors (Lipinski definition) is 4. The molecule has 1 aromatic heterocycles. The van der Waals surface area contributed by atoms with E-state index < -0.39 is 12.0 Å². The van der Waals surface area contributed by atoms with E-state index in [4.69, 9.17) is 5.11 Å². The molecule has 1 fully saturated rings. The highest BCUT2D eigenvalue weighted by molar-refractivity contribution is 7.14. The topological polar surface area (TPSA) is 108 Å². The zero-order chi connectivity index (χ0) is 13.8. The minimum Gasteiger partial charge on any atom is -0.478 e. The highest BCUT2D eigenvalue weighted by atomic mass is 32.1. The third-order valence-electron chi connectivity index (χ3n) is 2.47. The number of aromatic carboxylic acids is 1. The summed E-state index contributed by atoms with van der Waals surface area (Å²) in [5, 5.41) is 18.2. The predicted molar refractivity (Wildman–Crippen MR) is 69.5 cm³/mol. The van der Waals surface area contributed by atoms with Crippen LogP contribution in [0.15, 0.2) is 11.4 Å². The van der Waals surface area contributed by atoms with E-state index in [0.717, 1.165) is 24.2 Å². The molecule has 2 rings (SSSR count). The quantitative estimate of drug-likeness (QED) is 0.642. The maximum Gasteiger partial charge on any atom is 0.338 e. The van der Waals surface area contributed by atoms with Crippen LogP contribution >= 0.6 is 11.3 Å². The molecule has 1 saturated carbocycles. The van der Waals surface area contributed by atoms with Crippen LogP contribution in [0.5, 0.6) is 0 Å². The van der Waals surface area contributed by atoms with Crippen LogP contribution in [0.4, 0.5) is 9.80 Å². The minimum absolute atomic E-state index is 0.0302. The zero-order valence-electron chi connectivity index (χ0n) is 9.93. The molecule has 0 aliphatic heterocycles. The molecule has 19 heavy (non-hydrogen) atoms. The molecule has 8 heteroatoms. The molecule has 1 aromatic rings. The van der Waals surface area contributed by atoms with Crippen LogP contribution in [0.25, 0.3) is 0 Å². The van der Waals surface area contributed by atoms with Gasteiger partial charge in [0.05, 0.1) is 12.1 Å². The van der Waals surface area contributed by atoms with Gasteiger partial charge in [0.25, 0.3) is 0 Å². The van der Waals surface area contributed by atoms with Crippen molar-refractivity contribution >= 4 is 34.2 Å². The Hall–Kier alpha value is -2.09. The van der Waals surface area contributed by atoms with Crippen LogP contribution in [0.3, 0.4) is 0 Å². The Morgan fingerprint density at radius 3 is 2.74 bits per heavy atom. The minimum atomic E-state index is -1.11. The summed E-state index contributed by atoms with van der Waals surface area (Å²) < 4.78 is 0. The molecule has 3 amide bonds. The van der Waals surface area contributed by atoms with Gasteiger partial charge in [0.2, 0.25) is 5.91 Å². The van der Waals surface area contributed by atoms with Crippen LogP contribution < -0.4 is 16.0 Å². The van der Waals surface area contributed by atoms with Gasteiger partial charge < -0.3 is 15.7 Å². The summed E-state index contributed by atoms with van der Waals surface area (Å²) in [4.78, 5) is 33.7. The van der Waals surface area contributed by atoms with E-state index >= 15 is 0 Å². The van der Waals surface area contributed by atoms with E-state index in [1.807, 2.05) is 0 Å². The van der Waals surface area contributed by atoms with Gasteiger partial charge in [-0.1, -0.05) is 0 Å². The van der Waals surface area contributed by atoms with Crippen LogP contribution in [0.2, 0.25) is 0 Å². The summed E-state index contributed by atoms with van der Waals surface area (Å²) in [6.07, 6.45) is 1.96. The van der Waals surface area contributed by atoms with Crippen LogP contribution in [-0.4, -0.2) is 35.6 Å². The second-order valence-corrected chi connectivity index (χ2v) is 5.03. The van der Waals surface area contributed by atoms with Crippen molar-refractivity contribution in [3.63, 3.8) is 0 Å². The fourth-order valence-electron chi connectivity index (χ4n) is 1.39. The largest absolute Gasteiger partial charge is 0.478 e. The SMILES string of the molecule is O=C(CNC(=O)Nc1sccc1C(=O)O)NC1CC1. The van der Waals surface area contributed by atoms with Gasteiger partial charge in [0.1, 0.15) is 5.00 Å². The van der Waals surface area contributed by atoms with Crippen molar-refractivity contribution < 1.29 is 19.5 Å². The molecule has 4 N–H and O–H groups in total. The highest BCUT2D eigenvalue weighted by Gasteiger charge is 2.23. The Kier molecular flexibility index (Phi) is 4.00. The smallest absolute Gasteiger partial charge is 0.338 e. The van der Waals surface area contributed by atoms with Gasteiger partial charge in [-0.25, -0.2) is 9.59 Å². The Labute approximate surface area is 113 Å². The first-order chi connectivity index (χ1) is 9.06. The van der Waals surface area contributed by atoms with Crippen LogP contribution in [0, 0.1) is 0 Å².